The fourth-order valence-electron chi connectivity index (χ4n) is 1.11. The lowest BCUT2D eigenvalue weighted by Gasteiger charge is -2.05. The summed E-state index contributed by atoms with van der Waals surface area (Å²) in [5.41, 5.74) is 1.07. The second kappa shape index (κ2) is 5.70. The van der Waals surface area contributed by atoms with Gasteiger partial charge >= 0.3 is 0 Å². The highest BCUT2D eigenvalue weighted by atomic mass is 79.9. The summed E-state index contributed by atoms with van der Waals surface area (Å²) in [4.78, 5) is 0. The molecule has 0 unspecified atom stereocenters. The summed E-state index contributed by atoms with van der Waals surface area (Å²) in [6, 6.07) is 5.77. The van der Waals surface area contributed by atoms with Gasteiger partial charge in [-0.25, -0.2) is 0 Å². The Morgan fingerprint density at radius 1 is 1.14 bits per heavy atom. The van der Waals surface area contributed by atoms with E-state index in [4.69, 9.17) is 9.47 Å². The van der Waals surface area contributed by atoms with Crippen LogP contribution in [0.1, 0.15) is 5.56 Å². The number of alkyl halides is 1. The predicted molar refractivity (Wildman–Crippen MR) is 62.4 cm³/mol. The van der Waals surface area contributed by atoms with Gasteiger partial charge in [-0.3, -0.25) is 0 Å². The SMILES string of the molecule is COc1cc(C=CCBr)cc(OC)c1. The zero-order valence-electron chi connectivity index (χ0n) is 8.29. The molecule has 0 fully saturated rings. The Labute approximate surface area is 92.7 Å². The van der Waals surface area contributed by atoms with E-state index in [-0.39, 0.29) is 0 Å². The molecule has 0 aliphatic heterocycles. The third kappa shape index (κ3) is 3.07. The molecular weight excluding hydrogens is 244 g/mol. The number of allylic oxidation sites excluding steroid dienone is 1. The molecule has 0 saturated heterocycles. The standard InChI is InChI=1S/C11H13BrO2/c1-13-10-6-9(4-3-5-12)7-11(8-10)14-2/h3-4,6-8H,5H2,1-2H3. The second-order valence-electron chi connectivity index (χ2n) is 2.70. The highest BCUT2D eigenvalue weighted by Crippen LogP contribution is 2.23. The van der Waals surface area contributed by atoms with E-state index >= 15 is 0 Å². The molecule has 2 nitrogen and oxygen atoms in total. The molecular formula is C11H13BrO2. The Morgan fingerprint density at radius 3 is 2.14 bits per heavy atom. The van der Waals surface area contributed by atoms with Crippen LogP contribution in [0.4, 0.5) is 0 Å². The van der Waals surface area contributed by atoms with E-state index in [1.165, 1.54) is 0 Å². The smallest absolute Gasteiger partial charge is 0.123 e. The highest BCUT2D eigenvalue weighted by molar-refractivity contribution is 9.09. The summed E-state index contributed by atoms with van der Waals surface area (Å²) in [6.45, 7) is 0. The third-order valence-electron chi connectivity index (χ3n) is 1.77. The van der Waals surface area contributed by atoms with Gasteiger partial charge in [-0.05, 0) is 17.7 Å². The number of hydrogen-bond acceptors (Lipinski definition) is 2. The second-order valence-corrected chi connectivity index (χ2v) is 3.35. The van der Waals surface area contributed by atoms with Crippen LogP contribution in [-0.2, 0) is 0 Å². The van der Waals surface area contributed by atoms with Gasteiger partial charge in [-0.15, -0.1) is 0 Å². The fourth-order valence-corrected chi connectivity index (χ4v) is 1.29. The van der Waals surface area contributed by atoms with E-state index in [2.05, 4.69) is 15.9 Å². The molecule has 0 spiro atoms. The molecule has 0 N–H and O–H groups in total. The van der Waals surface area contributed by atoms with Crippen LogP contribution in [0.3, 0.4) is 0 Å². The van der Waals surface area contributed by atoms with Crippen LogP contribution in [0.5, 0.6) is 11.5 Å². The molecule has 0 bridgehead atoms. The zero-order chi connectivity index (χ0) is 10.4. The number of benzene rings is 1. The topological polar surface area (TPSA) is 18.5 Å². The molecule has 0 atom stereocenters. The summed E-state index contributed by atoms with van der Waals surface area (Å²) in [5, 5.41) is 0.840. The van der Waals surface area contributed by atoms with Crippen molar-refractivity contribution in [3.05, 3.63) is 29.8 Å². The van der Waals surface area contributed by atoms with E-state index in [1.54, 1.807) is 14.2 Å². The first-order chi connectivity index (χ1) is 6.80. The molecule has 0 aromatic heterocycles. The van der Waals surface area contributed by atoms with Gasteiger partial charge in [0.15, 0.2) is 0 Å². The van der Waals surface area contributed by atoms with Crippen LogP contribution in [0, 0.1) is 0 Å². The quantitative estimate of drug-likeness (QED) is 0.771. The number of hydrogen-bond donors (Lipinski definition) is 0. The van der Waals surface area contributed by atoms with E-state index in [0.717, 1.165) is 22.4 Å². The Kier molecular flexibility index (Phi) is 4.53. The van der Waals surface area contributed by atoms with Gasteiger partial charge in [0, 0.05) is 11.4 Å². The van der Waals surface area contributed by atoms with E-state index < -0.39 is 0 Å². The largest absolute Gasteiger partial charge is 0.497 e. The normalized spacial score (nSPS) is 10.5. The Balaban J connectivity index is 2.98. The van der Waals surface area contributed by atoms with Crippen molar-refractivity contribution < 1.29 is 9.47 Å². The lowest BCUT2D eigenvalue weighted by Crippen LogP contribution is -1.88. The summed E-state index contributed by atoms with van der Waals surface area (Å²) in [7, 11) is 3.29. The maximum atomic E-state index is 5.15. The van der Waals surface area contributed by atoms with Crippen molar-refractivity contribution in [3.63, 3.8) is 0 Å². The predicted octanol–water partition coefficient (Wildman–Crippen LogP) is 3.11. The number of halogens is 1. The third-order valence-corrected chi connectivity index (χ3v) is 2.15. The van der Waals surface area contributed by atoms with Crippen LogP contribution < -0.4 is 9.47 Å². The van der Waals surface area contributed by atoms with Crippen molar-refractivity contribution in [2.45, 2.75) is 0 Å². The Hall–Kier alpha value is -0.960. The van der Waals surface area contributed by atoms with Gasteiger partial charge in [0.2, 0.25) is 0 Å². The van der Waals surface area contributed by atoms with Crippen molar-refractivity contribution in [2.75, 3.05) is 19.5 Å². The summed E-state index contributed by atoms with van der Waals surface area (Å²) in [5.74, 6) is 1.61. The maximum Gasteiger partial charge on any atom is 0.123 e. The number of methoxy groups -OCH3 is 2. The average Bonchev–Trinajstić information content (AvgIpc) is 2.25. The fraction of sp³-hybridized carbons (Fsp3) is 0.273. The summed E-state index contributed by atoms with van der Waals surface area (Å²) < 4.78 is 10.3. The lowest BCUT2D eigenvalue weighted by molar-refractivity contribution is 0.394. The van der Waals surface area contributed by atoms with Crippen molar-refractivity contribution in [1.82, 2.24) is 0 Å². The molecule has 0 aliphatic carbocycles. The number of ether oxygens (including phenoxy) is 2. The van der Waals surface area contributed by atoms with Gasteiger partial charge in [0.25, 0.3) is 0 Å². The van der Waals surface area contributed by atoms with E-state index in [0.29, 0.717) is 0 Å². The van der Waals surface area contributed by atoms with Gasteiger partial charge in [-0.1, -0.05) is 28.1 Å². The van der Waals surface area contributed by atoms with Gasteiger partial charge in [0.1, 0.15) is 11.5 Å². The van der Waals surface area contributed by atoms with E-state index in [1.807, 2.05) is 30.4 Å². The van der Waals surface area contributed by atoms with Crippen molar-refractivity contribution in [2.24, 2.45) is 0 Å². The van der Waals surface area contributed by atoms with Gasteiger partial charge in [0.05, 0.1) is 14.2 Å². The monoisotopic (exact) mass is 256 g/mol. The summed E-state index contributed by atoms with van der Waals surface area (Å²) in [6.07, 6.45) is 4.04. The summed E-state index contributed by atoms with van der Waals surface area (Å²) >= 11 is 3.33. The molecule has 76 valence electrons. The molecule has 1 aromatic carbocycles. The van der Waals surface area contributed by atoms with Crippen molar-refractivity contribution in [1.29, 1.82) is 0 Å². The van der Waals surface area contributed by atoms with Crippen molar-refractivity contribution in [3.8, 4) is 11.5 Å². The first-order valence-electron chi connectivity index (χ1n) is 4.25. The van der Waals surface area contributed by atoms with E-state index in [9.17, 15) is 0 Å². The van der Waals surface area contributed by atoms with Crippen molar-refractivity contribution >= 4 is 22.0 Å². The van der Waals surface area contributed by atoms with Crippen LogP contribution in [-0.4, -0.2) is 19.5 Å². The van der Waals surface area contributed by atoms with Crippen LogP contribution in [0.25, 0.3) is 6.08 Å². The highest BCUT2D eigenvalue weighted by Gasteiger charge is 1.98. The Bertz CT molecular complexity index is 299. The molecule has 14 heavy (non-hydrogen) atoms. The van der Waals surface area contributed by atoms with Crippen LogP contribution >= 0.6 is 15.9 Å². The molecule has 0 saturated carbocycles. The maximum absolute atomic E-state index is 5.15. The van der Waals surface area contributed by atoms with Crippen LogP contribution in [0.15, 0.2) is 24.3 Å². The number of rotatable bonds is 4. The Morgan fingerprint density at radius 2 is 1.71 bits per heavy atom. The molecule has 0 aliphatic rings. The van der Waals surface area contributed by atoms with Gasteiger partial charge in [-0.2, -0.15) is 0 Å². The molecule has 1 rings (SSSR count). The minimum atomic E-state index is 0.804. The molecule has 1 aromatic rings. The lowest BCUT2D eigenvalue weighted by atomic mass is 10.2. The first kappa shape index (κ1) is 11.1. The minimum absolute atomic E-state index is 0.804. The first-order valence-corrected chi connectivity index (χ1v) is 5.38. The molecule has 3 heteroatoms. The average molecular weight is 257 g/mol. The minimum Gasteiger partial charge on any atom is -0.497 e. The zero-order valence-corrected chi connectivity index (χ0v) is 9.87. The molecule has 0 amide bonds. The van der Waals surface area contributed by atoms with Crippen LogP contribution in [0.2, 0.25) is 0 Å². The molecule has 0 heterocycles. The molecule has 0 radical (unpaired) electrons. The van der Waals surface area contributed by atoms with Gasteiger partial charge < -0.3 is 9.47 Å².